The molecule has 0 aliphatic heterocycles. The number of benzene rings is 2. The summed E-state index contributed by atoms with van der Waals surface area (Å²) in [6.45, 7) is 0.0539. The predicted octanol–water partition coefficient (Wildman–Crippen LogP) is 3.03. The molecule has 0 saturated heterocycles. The molecule has 0 heterocycles. The van der Waals surface area contributed by atoms with Crippen molar-refractivity contribution in [3.63, 3.8) is 0 Å². The number of carbonyl (C=O) groups is 2. The van der Waals surface area contributed by atoms with Crippen molar-refractivity contribution in [3.8, 4) is 17.2 Å². The minimum Gasteiger partial charge on any atom is -0.508 e. The number of rotatable bonds is 10. The second-order valence-corrected chi connectivity index (χ2v) is 5.85. The van der Waals surface area contributed by atoms with Crippen LogP contribution in [0.15, 0.2) is 54.6 Å². The third-order valence-electron chi connectivity index (χ3n) is 3.70. The highest BCUT2D eigenvalue weighted by Gasteiger charge is 2.06. The molecule has 0 aromatic heterocycles. The van der Waals surface area contributed by atoms with E-state index in [1.54, 1.807) is 42.5 Å². The predicted molar refractivity (Wildman–Crippen MR) is 106 cm³/mol. The molecule has 0 aliphatic carbocycles. The lowest BCUT2D eigenvalue weighted by Crippen LogP contribution is -2.03. The van der Waals surface area contributed by atoms with Gasteiger partial charge in [-0.05, 0) is 47.5 Å². The first-order valence-corrected chi connectivity index (χ1v) is 8.64. The van der Waals surface area contributed by atoms with E-state index < -0.39 is 0 Å². The molecular formula is C22H22O6. The van der Waals surface area contributed by atoms with Crippen molar-refractivity contribution < 1.29 is 29.3 Å². The van der Waals surface area contributed by atoms with Crippen LogP contribution in [0.3, 0.4) is 0 Å². The first kappa shape index (κ1) is 20.9. The number of allylic oxidation sites excluding steroid dienone is 2. The van der Waals surface area contributed by atoms with Gasteiger partial charge < -0.3 is 19.7 Å². The fourth-order valence-electron chi connectivity index (χ4n) is 2.32. The van der Waals surface area contributed by atoms with Crippen LogP contribution in [0.25, 0.3) is 12.2 Å². The van der Waals surface area contributed by atoms with Crippen LogP contribution in [0, 0.1) is 0 Å². The van der Waals surface area contributed by atoms with E-state index in [-0.39, 0.29) is 37.0 Å². The zero-order valence-electron chi connectivity index (χ0n) is 15.5. The number of ketones is 2. The van der Waals surface area contributed by atoms with E-state index in [4.69, 9.17) is 14.6 Å². The lowest BCUT2D eigenvalue weighted by molar-refractivity contribution is -0.121. The zero-order valence-corrected chi connectivity index (χ0v) is 15.5. The molecule has 0 radical (unpaired) electrons. The number of phenolic OH excluding ortho intramolecular Hbond substituents is 1. The Bertz CT molecular complexity index is 865. The van der Waals surface area contributed by atoms with Crippen LogP contribution in [0.5, 0.6) is 17.2 Å². The summed E-state index contributed by atoms with van der Waals surface area (Å²) < 4.78 is 10.6. The molecule has 0 spiro atoms. The topological polar surface area (TPSA) is 93.1 Å². The highest BCUT2D eigenvalue weighted by molar-refractivity contribution is 6.10. The van der Waals surface area contributed by atoms with Gasteiger partial charge in [0.1, 0.15) is 12.4 Å². The summed E-state index contributed by atoms with van der Waals surface area (Å²) in [6.07, 6.45) is 5.63. The average Bonchev–Trinajstić information content (AvgIpc) is 2.70. The monoisotopic (exact) mass is 382 g/mol. The maximum Gasteiger partial charge on any atom is 0.163 e. The third-order valence-corrected chi connectivity index (χ3v) is 3.70. The Kier molecular flexibility index (Phi) is 7.99. The van der Waals surface area contributed by atoms with E-state index in [1.807, 2.05) is 0 Å². The highest BCUT2D eigenvalue weighted by Crippen LogP contribution is 2.28. The molecule has 2 N–H and O–H groups in total. The van der Waals surface area contributed by atoms with Crippen LogP contribution >= 0.6 is 0 Å². The Labute approximate surface area is 163 Å². The van der Waals surface area contributed by atoms with Gasteiger partial charge in [0.2, 0.25) is 0 Å². The minimum atomic E-state index is -0.320. The first-order valence-electron chi connectivity index (χ1n) is 8.64. The quantitative estimate of drug-likeness (QED) is 0.485. The first-order chi connectivity index (χ1) is 13.5. The van der Waals surface area contributed by atoms with Crippen molar-refractivity contribution in [1.82, 2.24) is 0 Å². The van der Waals surface area contributed by atoms with E-state index in [0.717, 1.165) is 5.56 Å². The molecule has 0 amide bonds. The maximum absolute atomic E-state index is 12.0. The van der Waals surface area contributed by atoms with Gasteiger partial charge in [-0.2, -0.15) is 0 Å². The Morgan fingerprint density at radius 1 is 0.929 bits per heavy atom. The summed E-state index contributed by atoms with van der Waals surface area (Å²) in [5.41, 5.74) is 1.47. The van der Waals surface area contributed by atoms with E-state index in [1.165, 1.54) is 31.4 Å². The van der Waals surface area contributed by atoms with Crippen LogP contribution < -0.4 is 9.47 Å². The number of methoxy groups -OCH3 is 1. The molecule has 0 bridgehead atoms. The molecule has 2 aromatic rings. The molecule has 28 heavy (non-hydrogen) atoms. The van der Waals surface area contributed by atoms with Crippen LogP contribution in [-0.4, -0.2) is 42.1 Å². The second kappa shape index (κ2) is 10.7. The second-order valence-electron chi connectivity index (χ2n) is 5.85. The summed E-state index contributed by atoms with van der Waals surface area (Å²) in [4.78, 5) is 23.9. The number of hydrogen-bond donors (Lipinski definition) is 2. The summed E-state index contributed by atoms with van der Waals surface area (Å²) >= 11 is 0. The molecular weight excluding hydrogens is 360 g/mol. The molecule has 6 nitrogen and oxygen atoms in total. The number of aliphatic hydroxyl groups is 1. The van der Waals surface area contributed by atoms with Gasteiger partial charge >= 0.3 is 0 Å². The van der Waals surface area contributed by atoms with E-state index in [0.29, 0.717) is 17.1 Å². The molecule has 0 atom stereocenters. The number of aromatic hydroxyl groups is 1. The normalized spacial score (nSPS) is 11.1. The van der Waals surface area contributed by atoms with Crippen molar-refractivity contribution in [2.45, 2.75) is 6.42 Å². The molecule has 0 unspecified atom stereocenters. The van der Waals surface area contributed by atoms with E-state index in [2.05, 4.69) is 0 Å². The van der Waals surface area contributed by atoms with E-state index >= 15 is 0 Å². The molecule has 0 fully saturated rings. The van der Waals surface area contributed by atoms with Gasteiger partial charge in [-0.25, -0.2) is 0 Å². The number of aliphatic hydroxyl groups excluding tert-OH is 1. The van der Waals surface area contributed by atoms with Crippen LogP contribution in [0.4, 0.5) is 0 Å². The van der Waals surface area contributed by atoms with Crippen molar-refractivity contribution in [2.24, 2.45) is 0 Å². The van der Waals surface area contributed by atoms with Crippen molar-refractivity contribution in [3.05, 3.63) is 65.7 Å². The zero-order chi connectivity index (χ0) is 20.4. The van der Waals surface area contributed by atoms with Gasteiger partial charge in [-0.1, -0.05) is 30.4 Å². The number of hydrogen-bond acceptors (Lipinski definition) is 6. The lowest BCUT2D eigenvalue weighted by Gasteiger charge is -2.10. The Morgan fingerprint density at radius 3 is 2.14 bits per heavy atom. The van der Waals surface area contributed by atoms with Crippen molar-refractivity contribution in [1.29, 1.82) is 0 Å². The number of ether oxygens (including phenoxy) is 2. The maximum atomic E-state index is 12.0. The summed E-state index contributed by atoms with van der Waals surface area (Å²) in [5, 5.41) is 18.0. The van der Waals surface area contributed by atoms with Crippen molar-refractivity contribution in [2.75, 3.05) is 20.3 Å². The fraction of sp³-hybridized carbons (Fsp3) is 0.182. The van der Waals surface area contributed by atoms with Gasteiger partial charge in [0.15, 0.2) is 23.1 Å². The highest BCUT2D eigenvalue weighted by atomic mass is 16.5. The SMILES string of the molecule is COc1cc(/C=C/C(=O)CC(=O)/C=C/c2ccc(O)cc2)ccc1OCCO. The molecule has 146 valence electrons. The van der Waals surface area contributed by atoms with Gasteiger partial charge in [-0.3, -0.25) is 9.59 Å². The molecule has 0 aliphatic rings. The smallest absolute Gasteiger partial charge is 0.163 e. The number of carbonyl (C=O) groups excluding carboxylic acids is 2. The van der Waals surface area contributed by atoms with Crippen LogP contribution in [-0.2, 0) is 9.59 Å². The van der Waals surface area contributed by atoms with Gasteiger partial charge in [0.25, 0.3) is 0 Å². The summed E-state index contributed by atoms with van der Waals surface area (Å²) in [5.74, 6) is 0.493. The molecule has 6 heteroatoms. The Morgan fingerprint density at radius 2 is 1.54 bits per heavy atom. The molecule has 2 aromatic carbocycles. The standard InChI is InChI=1S/C22H22O6/c1-27-22-14-17(6-11-21(22)28-13-12-23)5-10-20(26)15-19(25)9-4-16-2-7-18(24)8-3-16/h2-11,14,23-24H,12-13,15H2,1H3/b9-4+,10-5+. The third kappa shape index (κ3) is 6.74. The summed E-state index contributed by atoms with van der Waals surface area (Å²) in [7, 11) is 1.50. The Hall–Kier alpha value is -3.38. The largest absolute Gasteiger partial charge is 0.508 e. The fourth-order valence-corrected chi connectivity index (χ4v) is 2.32. The van der Waals surface area contributed by atoms with Crippen LogP contribution in [0.2, 0.25) is 0 Å². The van der Waals surface area contributed by atoms with Gasteiger partial charge in [0.05, 0.1) is 20.1 Å². The van der Waals surface area contributed by atoms with Crippen molar-refractivity contribution >= 4 is 23.7 Å². The Balaban J connectivity index is 1.93. The van der Waals surface area contributed by atoms with Gasteiger partial charge in [0, 0.05) is 0 Å². The summed E-state index contributed by atoms with van der Waals surface area (Å²) in [6, 6.07) is 11.5. The number of phenols is 1. The average molecular weight is 382 g/mol. The van der Waals surface area contributed by atoms with E-state index in [9.17, 15) is 14.7 Å². The minimum absolute atomic E-state index is 0.103. The molecule has 2 rings (SSSR count). The van der Waals surface area contributed by atoms with Gasteiger partial charge in [-0.15, -0.1) is 0 Å². The van der Waals surface area contributed by atoms with Crippen LogP contribution in [0.1, 0.15) is 17.5 Å². The molecule has 0 saturated carbocycles. The lowest BCUT2D eigenvalue weighted by atomic mass is 10.1.